The van der Waals surface area contributed by atoms with Gasteiger partial charge in [0.15, 0.2) is 0 Å². The summed E-state index contributed by atoms with van der Waals surface area (Å²) in [5.74, 6) is -0.806. The zero-order valence-electron chi connectivity index (χ0n) is 10.7. The molecule has 0 aliphatic rings. The summed E-state index contributed by atoms with van der Waals surface area (Å²) in [6, 6.07) is 8.71. The van der Waals surface area contributed by atoms with Crippen LogP contribution in [-0.2, 0) is 0 Å². The van der Waals surface area contributed by atoms with Gasteiger partial charge in [0.1, 0.15) is 17.4 Å². The monoisotopic (exact) mass is 263 g/mol. The molecule has 0 aliphatic heterocycles. The first-order valence-electron chi connectivity index (χ1n) is 5.98. The molecule has 2 aromatic carbocycles. The molecule has 1 unspecified atom stereocenters. The molecule has 0 fully saturated rings. The van der Waals surface area contributed by atoms with Crippen molar-refractivity contribution in [3.63, 3.8) is 0 Å². The van der Waals surface area contributed by atoms with Crippen molar-refractivity contribution < 1.29 is 13.9 Å². The second kappa shape index (κ2) is 5.26. The number of benzene rings is 2. The highest BCUT2D eigenvalue weighted by Crippen LogP contribution is 2.25. The van der Waals surface area contributed by atoms with E-state index in [1.165, 1.54) is 6.92 Å². The van der Waals surface area contributed by atoms with Crippen LogP contribution in [0.2, 0.25) is 0 Å². The van der Waals surface area contributed by atoms with Crippen LogP contribution in [0.4, 0.5) is 14.5 Å². The van der Waals surface area contributed by atoms with E-state index in [0.29, 0.717) is 0 Å². The van der Waals surface area contributed by atoms with E-state index in [2.05, 4.69) is 5.32 Å². The van der Waals surface area contributed by atoms with Gasteiger partial charge in [-0.3, -0.25) is 0 Å². The van der Waals surface area contributed by atoms with Gasteiger partial charge >= 0.3 is 0 Å². The Labute approximate surface area is 110 Å². The van der Waals surface area contributed by atoms with E-state index in [1.807, 2.05) is 6.92 Å². The van der Waals surface area contributed by atoms with Crippen LogP contribution in [-0.4, -0.2) is 5.11 Å². The smallest absolute Gasteiger partial charge is 0.146 e. The Morgan fingerprint density at radius 3 is 2.53 bits per heavy atom. The topological polar surface area (TPSA) is 32.3 Å². The Kier molecular flexibility index (Phi) is 3.69. The molecule has 0 saturated carbocycles. The summed E-state index contributed by atoms with van der Waals surface area (Å²) in [4.78, 5) is 0. The van der Waals surface area contributed by atoms with Crippen molar-refractivity contribution in [2.75, 3.05) is 5.32 Å². The average molecular weight is 263 g/mol. The molecule has 1 atom stereocenters. The Hall–Kier alpha value is -2.10. The normalized spacial score (nSPS) is 12.2. The predicted octanol–water partition coefficient (Wildman–Crippen LogP) is 4.15. The lowest BCUT2D eigenvalue weighted by molar-refractivity contribution is 0.474. The van der Waals surface area contributed by atoms with Crippen molar-refractivity contribution in [1.29, 1.82) is 0 Å². The number of phenolic OH excluding ortho intramolecular Hbond substituents is 1. The fourth-order valence-electron chi connectivity index (χ4n) is 1.87. The van der Waals surface area contributed by atoms with E-state index in [1.54, 1.807) is 24.3 Å². The lowest BCUT2D eigenvalue weighted by Crippen LogP contribution is -2.08. The molecule has 0 saturated heterocycles. The predicted molar refractivity (Wildman–Crippen MR) is 71.2 cm³/mol. The van der Waals surface area contributed by atoms with Gasteiger partial charge in [-0.05, 0) is 43.2 Å². The van der Waals surface area contributed by atoms with Gasteiger partial charge in [-0.1, -0.05) is 12.1 Å². The number of rotatable bonds is 3. The number of anilines is 1. The van der Waals surface area contributed by atoms with Gasteiger partial charge in [0, 0.05) is 12.1 Å². The van der Waals surface area contributed by atoms with Crippen molar-refractivity contribution in [3.05, 3.63) is 59.2 Å². The quantitative estimate of drug-likeness (QED) is 0.871. The van der Waals surface area contributed by atoms with Crippen molar-refractivity contribution in [2.45, 2.75) is 19.9 Å². The Morgan fingerprint density at radius 1 is 1.11 bits per heavy atom. The minimum Gasteiger partial charge on any atom is -0.508 e. The molecule has 0 heterocycles. The van der Waals surface area contributed by atoms with Crippen LogP contribution in [0.3, 0.4) is 0 Å². The van der Waals surface area contributed by atoms with E-state index in [9.17, 15) is 13.9 Å². The average Bonchev–Trinajstić information content (AvgIpc) is 2.36. The number of hydrogen-bond acceptors (Lipinski definition) is 2. The van der Waals surface area contributed by atoms with Gasteiger partial charge in [0.2, 0.25) is 0 Å². The number of halogens is 2. The Bertz CT molecular complexity index is 599. The minimum absolute atomic E-state index is 0.110. The zero-order valence-corrected chi connectivity index (χ0v) is 10.7. The molecule has 0 aromatic heterocycles. The maximum absolute atomic E-state index is 13.7. The van der Waals surface area contributed by atoms with Crippen LogP contribution in [0.1, 0.15) is 24.1 Å². The van der Waals surface area contributed by atoms with E-state index in [0.717, 1.165) is 17.7 Å². The van der Waals surface area contributed by atoms with Crippen LogP contribution in [0.15, 0.2) is 36.4 Å². The van der Waals surface area contributed by atoms with E-state index in [4.69, 9.17) is 0 Å². The third-order valence-electron chi connectivity index (χ3n) is 2.99. The summed E-state index contributed by atoms with van der Waals surface area (Å²) in [5, 5.41) is 12.3. The van der Waals surface area contributed by atoms with Crippen LogP contribution < -0.4 is 5.32 Å². The van der Waals surface area contributed by atoms with Gasteiger partial charge < -0.3 is 10.4 Å². The molecule has 2 rings (SSSR count). The molecular formula is C15H15F2NO. The number of aromatic hydroxyl groups is 1. The number of aryl methyl sites for hydroxylation is 1. The molecule has 0 radical (unpaired) electrons. The van der Waals surface area contributed by atoms with E-state index in [-0.39, 0.29) is 23.0 Å². The fourth-order valence-corrected chi connectivity index (χ4v) is 1.87. The van der Waals surface area contributed by atoms with Gasteiger partial charge in [-0.15, -0.1) is 0 Å². The van der Waals surface area contributed by atoms with Crippen LogP contribution in [0.5, 0.6) is 5.75 Å². The highest BCUT2D eigenvalue weighted by atomic mass is 19.1. The molecule has 0 aliphatic carbocycles. The Balaban J connectivity index is 2.24. The molecule has 2 aromatic rings. The summed E-state index contributed by atoms with van der Waals surface area (Å²) in [6.45, 7) is 3.33. The first-order chi connectivity index (χ1) is 8.97. The Morgan fingerprint density at radius 2 is 1.84 bits per heavy atom. The molecule has 4 heteroatoms. The third kappa shape index (κ3) is 3.02. The van der Waals surface area contributed by atoms with Crippen molar-refractivity contribution in [2.24, 2.45) is 0 Å². The summed E-state index contributed by atoms with van der Waals surface area (Å²) < 4.78 is 27.1. The molecule has 100 valence electrons. The zero-order chi connectivity index (χ0) is 14.0. The van der Waals surface area contributed by atoms with Crippen LogP contribution in [0.25, 0.3) is 0 Å². The van der Waals surface area contributed by atoms with Crippen molar-refractivity contribution in [3.8, 4) is 5.75 Å². The molecular weight excluding hydrogens is 248 g/mol. The summed E-state index contributed by atoms with van der Waals surface area (Å²) >= 11 is 0. The maximum atomic E-state index is 13.7. The van der Waals surface area contributed by atoms with Gasteiger partial charge in [-0.25, -0.2) is 8.78 Å². The van der Waals surface area contributed by atoms with Gasteiger partial charge in [0.05, 0.1) is 5.69 Å². The van der Waals surface area contributed by atoms with E-state index < -0.39 is 11.6 Å². The van der Waals surface area contributed by atoms with Crippen LogP contribution >= 0.6 is 0 Å². The maximum Gasteiger partial charge on any atom is 0.146 e. The first kappa shape index (κ1) is 13.3. The largest absolute Gasteiger partial charge is 0.508 e. The van der Waals surface area contributed by atoms with E-state index >= 15 is 0 Å². The minimum atomic E-state index is -0.495. The molecule has 2 N–H and O–H groups in total. The standard InChI is InChI=1S/C15H15F2NO/c1-9-6-14(17)15(8-13(9)16)18-10(2)11-4-3-5-12(19)7-11/h3-8,10,18-19H,1-2H3. The number of phenols is 1. The molecule has 19 heavy (non-hydrogen) atoms. The first-order valence-corrected chi connectivity index (χ1v) is 5.98. The molecule has 0 bridgehead atoms. The van der Waals surface area contributed by atoms with Gasteiger partial charge in [-0.2, -0.15) is 0 Å². The SMILES string of the molecule is Cc1cc(F)c(NC(C)c2cccc(O)c2)cc1F. The van der Waals surface area contributed by atoms with Crippen molar-refractivity contribution in [1.82, 2.24) is 0 Å². The fraction of sp³-hybridized carbons (Fsp3) is 0.200. The lowest BCUT2D eigenvalue weighted by atomic mass is 10.1. The van der Waals surface area contributed by atoms with Gasteiger partial charge in [0.25, 0.3) is 0 Å². The summed E-state index contributed by atoms with van der Waals surface area (Å²) in [7, 11) is 0. The molecule has 0 amide bonds. The highest BCUT2D eigenvalue weighted by Gasteiger charge is 2.11. The number of hydrogen-bond donors (Lipinski definition) is 2. The number of nitrogens with one attached hydrogen (secondary N) is 1. The van der Waals surface area contributed by atoms with Crippen LogP contribution in [0, 0.1) is 18.6 Å². The summed E-state index contributed by atoms with van der Waals surface area (Å²) in [5.41, 5.74) is 1.17. The lowest BCUT2D eigenvalue weighted by Gasteiger charge is -2.17. The molecule has 2 nitrogen and oxygen atoms in total. The highest BCUT2D eigenvalue weighted by molar-refractivity contribution is 5.49. The second-order valence-corrected chi connectivity index (χ2v) is 4.54. The van der Waals surface area contributed by atoms with Crippen molar-refractivity contribution >= 4 is 5.69 Å². The molecule has 0 spiro atoms. The summed E-state index contributed by atoms with van der Waals surface area (Å²) in [6.07, 6.45) is 0. The second-order valence-electron chi connectivity index (χ2n) is 4.54. The third-order valence-corrected chi connectivity index (χ3v) is 2.99.